The first-order valence-electron chi connectivity index (χ1n) is 7.34. The number of hydrogen-bond acceptors (Lipinski definition) is 4. The third kappa shape index (κ3) is 2.45. The SMILES string of the molecule is Cc1cccc2c3c(c(=O)oc12)/C(=C/Sc1ccccc1)CO3. The van der Waals surface area contributed by atoms with Crippen LogP contribution in [0, 0.1) is 6.92 Å². The molecule has 2 heterocycles. The summed E-state index contributed by atoms with van der Waals surface area (Å²) in [7, 11) is 0. The molecule has 1 aliphatic heterocycles. The van der Waals surface area contributed by atoms with E-state index < -0.39 is 0 Å². The first-order valence-corrected chi connectivity index (χ1v) is 8.22. The molecule has 0 unspecified atom stereocenters. The molecule has 3 nitrogen and oxygen atoms in total. The molecule has 0 atom stereocenters. The molecule has 0 spiro atoms. The van der Waals surface area contributed by atoms with Gasteiger partial charge in [-0.05, 0) is 36.1 Å². The van der Waals surface area contributed by atoms with Gasteiger partial charge in [-0.2, -0.15) is 0 Å². The van der Waals surface area contributed by atoms with Crippen molar-refractivity contribution in [1.82, 2.24) is 0 Å². The Balaban J connectivity index is 1.81. The fourth-order valence-electron chi connectivity index (χ4n) is 2.72. The zero-order valence-electron chi connectivity index (χ0n) is 12.5. The van der Waals surface area contributed by atoms with Gasteiger partial charge in [0.25, 0.3) is 0 Å². The van der Waals surface area contributed by atoms with Crippen LogP contribution in [0.25, 0.3) is 16.5 Å². The van der Waals surface area contributed by atoms with Crippen molar-refractivity contribution in [1.29, 1.82) is 0 Å². The first-order chi connectivity index (χ1) is 11.2. The van der Waals surface area contributed by atoms with Gasteiger partial charge < -0.3 is 9.15 Å². The monoisotopic (exact) mass is 322 g/mol. The predicted molar refractivity (Wildman–Crippen MR) is 93.0 cm³/mol. The molecule has 4 rings (SSSR count). The highest BCUT2D eigenvalue weighted by molar-refractivity contribution is 8.02. The van der Waals surface area contributed by atoms with Crippen LogP contribution in [-0.2, 0) is 0 Å². The smallest absolute Gasteiger partial charge is 0.347 e. The Morgan fingerprint density at radius 1 is 1.09 bits per heavy atom. The van der Waals surface area contributed by atoms with Gasteiger partial charge in [0.05, 0.1) is 5.39 Å². The maximum atomic E-state index is 12.4. The van der Waals surface area contributed by atoms with Gasteiger partial charge in [-0.3, -0.25) is 0 Å². The fraction of sp³-hybridized carbons (Fsp3) is 0.105. The molecule has 0 amide bonds. The summed E-state index contributed by atoms with van der Waals surface area (Å²) in [5.74, 6) is 0.639. The topological polar surface area (TPSA) is 39.4 Å². The Labute approximate surface area is 137 Å². The second-order valence-electron chi connectivity index (χ2n) is 5.41. The highest BCUT2D eigenvalue weighted by atomic mass is 32.2. The van der Waals surface area contributed by atoms with E-state index in [2.05, 4.69) is 0 Å². The van der Waals surface area contributed by atoms with Crippen molar-refractivity contribution in [3.63, 3.8) is 0 Å². The lowest BCUT2D eigenvalue weighted by molar-refractivity contribution is 0.390. The molecular weight excluding hydrogens is 308 g/mol. The molecule has 0 radical (unpaired) electrons. The Bertz CT molecular complexity index is 971. The summed E-state index contributed by atoms with van der Waals surface area (Å²) in [6.07, 6.45) is 0. The van der Waals surface area contributed by atoms with E-state index in [-0.39, 0.29) is 5.63 Å². The average Bonchev–Trinajstić information content (AvgIpc) is 3.00. The summed E-state index contributed by atoms with van der Waals surface area (Å²) in [5, 5.41) is 2.83. The lowest BCUT2D eigenvalue weighted by Crippen LogP contribution is -2.04. The van der Waals surface area contributed by atoms with Crippen molar-refractivity contribution in [3.05, 3.63) is 75.5 Å². The van der Waals surface area contributed by atoms with Gasteiger partial charge in [0, 0.05) is 10.5 Å². The molecule has 1 aliphatic rings. The largest absolute Gasteiger partial charge is 0.487 e. The normalized spacial score (nSPS) is 14.9. The molecule has 0 fully saturated rings. The van der Waals surface area contributed by atoms with E-state index in [4.69, 9.17) is 9.15 Å². The number of para-hydroxylation sites is 1. The predicted octanol–water partition coefficient (Wildman–Crippen LogP) is 4.63. The van der Waals surface area contributed by atoms with Gasteiger partial charge in [0.15, 0.2) is 0 Å². The average molecular weight is 322 g/mol. The van der Waals surface area contributed by atoms with Crippen molar-refractivity contribution < 1.29 is 9.15 Å². The van der Waals surface area contributed by atoms with Crippen LogP contribution in [0.5, 0.6) is 5.75 Å². The number of ether oxygens (including phenoxy) is 1. The van der Waals surface area contributed by atoms with Gasteiger partial charge in [-0.1, -0.05) is 42.1 Å². The molecule has 23 heavy (non-hydrogen) atoms. The summed E-state index contributed by atoms with van der Waals surface area (Å²) >= 11 is 1.58. The third-order valence-electron chi connectivity index (χ3n) is 3.86. The zero-order valence-corrected chi connectivity index (χ0v) is 13.4. The standard InChI is InChI=1S/C19H14O3S/c1-12-6-5-9-15-17(12)22-19(20)16-13(10-21-18(15)16)11-23-14-7-3-2-4-8-14/h2-9,11H,10H2,1H3/b13-11+. The van der Waals surface area contributed by atoms with Gasteiger partial charge in [0.2, 0.25) is 0 Å². The number of aryl methyl sites for hydroxylation is 1. The fourth-order valence-corrected chi connectivity index (χ4v) is 3.50. The van der Waals surface area contributed by atoms with Crippen molar-refractivity contribution in [2.45, 2.75) is 11.8 Å². The summed E-state index contributed by atoms with van der Waals surface area (Å²) in [5.41, 5.74) is 2.62. The van der Waals surface area contributed by atoms with E-state index in [1.165, 1.54) is 0 Å². The minimum Gasteiger partial charge on any atom is -0.487 e. The summed E-state index contributed by atoms with van der Waals surface area (Å²) in [6.45, 7) is 2.32. The molecular formula is C19H14O3S. The number of hydrogen-bond donors (Lipinski definition) is 0. The lowest BCUT2D eigenvalue weighted by Gasteiger charge is -2.04. The van der Waals surface area contributed by atoms with Crippen molar-refractivity contribution in [2.75, 3.05) is 6.61 Å². The van der Waals surface area contributed by atoms with Crippen LogP contribution in [0.3, 0.4) is 0 Å². The Kier molecular flexibility index (Phi) is 3.46. The van der Waals surface area contributed by atoms with Gasteiger partial charge in [0.1, 0.15) is 23.5 Å². The summed E-state index contributed by atoms with van der Waals surface area (Å²) in [6, 6.07) is 15.8. The molecule has 2 aromatic carbocycles. The number of fused-ring (bicyclic) bond motifs is 3. The Hall–Kier alpha value is -2.46. The maximum Gasteiger partial charge on any atom is 0.347 e. The zero-order chi connectivity index (χ0) is 15.8. The second kappa shape index (κ2) is 5.63. The Morgan fingerprint density at radius 2 is 1.91 bits per heavy atom. The van der Waals surface area contributed by atoms with Crippen LogP contribution in [0.4, 0.5) is 0 Å². The molecule has 114 valence electrons. The molecule has 1 aromatic heterocycles. The highest BCUT2D eigenvalue weighted by Gasteiger charge is 2.26. The summed E-state index contributed by atoms with van der Waals surface area (Å²) in [4.78, 5) is 13.5. The maximum absolute atomic E-state index is 12.4. The number of benzene rings is 2. The molecule has 0 aliphatic carbocycles. The van der Waals surface area contributed by atoms with Crippen LogP contribution in [0.15, 0.2) is 68.0 Å². The van der Waals surface area contributed by atoms with E-state index in [0.717, 1.165) is 21.4 Å². The second-order valence-corrected chi connectivity index (χ2v) is 6.35. The molecule has 0 saturated carbocycles. The molecule has 3 aromatic rings. The van der Waals surface area contributed by atoms with E-state index in [1.807, 2.05) is 60.9 Å². The van der Waals surface area contributed by atoms with E-state index in [9.17, 15) is 4.79 Å². The minimum absolute atomic E-state index is 0.334. The van der Waals surface area contributed by atoms with Crippen LogP contribution in [-0.4, -0.2) is 6.61 Å². The van der Waals surface area contributed by atoms with Crippen LogP contribution < -0.4 is 10.4 Å². The Morgan fingerprint density at radius 3 is 2.74 bits per heavy atom. The van der Waals surface area contributed by atoms with Crippen molar-refractivity contribution >= 4 is 28.3 Å². The van der Waals surface area contributed by atoms with Crippen molar-refractivity contribution in [2.24, 2.45) is 0 Å². The van der Waals surface area contributed by atoms with Gasteiger partial charge in [-0.25, -0.2) is 4.79 Å². The lowest BCUT2D eigenvalue weighted by atomic mass is 10.1. The van der Waals surface area contributed by atoms with E-state index in [1.54, 1.807) is 11.8 Å². The molecule has 4 heteroatoms. The molecule has 0 saturated heterocycles. The quantitative estimate of drug-likeness (QED) is 0.509. The molecule has 0 N–H and O–H groups in total. The van der Waals surface area contributed by atoms with E-state index >= 15 is 0 Å². The number of thioether (sulfide) groups is 1. The van der Waals surface area contributed by atoms with Gasteiger partial charge in [-0.15, -0.1) is 0 Å². The van der Waals surface area contributed by atoms with Crippen LogP contribution in [0.1, 0.15) is 11.1 Å². The third-order valence-corrected chi connectivity index (χ3v) is 4.80. The van der Waals surface area contributed by atoms with Crippen LogP contribution in [0.2, 0.25) is 0 Å². The van der Waals surface area contributed by atoms with Gasteiger partial charge >= 0.3 is 5.63 Å². The summed E-state index contributed by atoms with van der Waals surface area (Å²) < 4.78 is 11.3. The first kappa shape index (κ1) is 14.2. The highest BCUT2D eigenvalue weighted by Crippen LogP contribution is 2.39. The number of rotatable bonds is 2. The minimum atomic E-state index is -0.334. The van der Waals surface area contributed by atoms with E-state index in [0.29, 0.717) is 23.5 Å². The van der Waals surface area contributed by atoms with Crippen molar-refractivity contribution in [3.8, 4) is 5.75 Å². The van der Waals surface area contributed by atoms with Crippen LogP contribution >= 0.6 is 11.8 Å². The molecule has 0 bridgehead atoms.